The monoisotopic (exact) mass is 572 g/mol. The molecule has 2 aliphatic rings. The summed E-state index contributed by atoms with van der Waals surface area (Å²) in [5.41, 5.74) is 3.82. The SMILES string of the molecule is C[Si](C)(C)CCOCn1nccc1-c1ccc(Oc2ccc3nc(CN4CCN5C(=O)OC[C@@H]5C4)ccc3c2)nc1. The lowest BCUT2D eigenvalue weighted by atomic mass is 10.1. The molecule has 3 aromatic heterocycles. The summed E-state index contributed by atoms with van der Waals surface area (Å²) in [5, 5.41) is 5.42. The number of rotatable bonds is 10. The van der Waals surface area contributed by atoms with E-state index in [2.05, 4.69) is 46.8 Å². The molecule has 11 heteroatoms. The zero-order chi connectivity index (χ0) is 28.4. The average molecular weight is 573 g/mol. The fraction of sp³-hybridized carbons (Fsp3) is 0.400. The fourth-order valence-electron chi connectivity index (χ4n) is 5.15. The zero-order valence-electron chi connectivity index (χ0n) is 23.8. The van der Waals surface area contributed by atoms with Gasteiger partial charge in [-0.1, -0.05) is 25.7 Å². The highest BCUT2D eigenvalue weighted by Gasteiger charge is 2.37. The van der Waals surface area contributed by atoms with Crippen LogP contribution in [0.2, 0.25) is 25.7 Å². The predicted octanol–water partition coefficient (Wildman–Crippen LogP) is 5.23. The Morgan fingerprint density at radius 2 is 1.98 bits per heavy atom. The van der Waals surface area contributed by atoms with Gasteiger partial charge in [-0.05, 0) is 42.4 Å². The van der Waals surface area contributed by atoms with Gasteiger partial charge in [-0.2, -0.15) is 5.10 Å². The molecule has 0 aliphatic carbocycles. The third kappa shape index (κ3) is 6.58. The van der Waals surface area contributed by atoms with Crippen LogP contribution < -0.4 is 4.74 Å². The molecule has 1 aromatic carbocycles. The number of aromatic nitrogens is 4. The summed E-state index contributed by atoms with van der Waals surface area (Å²) in [4.78, 5) is 25.3. The molecule has 1 amide bonds. The average Bonchev–Trinajstić information content (AvgIpc) is 3.57. The van der Waals surface area contributed by atoms with Crippen LogP contribution in [0.4, 0.5) is 4.79 Å². The van der Waals surface area contributed by atoms with E-state index in [1.54, 1.807) is 12.4 Å². The Kier molecular flexibility index (Phi) is 7.74. The number of carbonyl (C=O) groups is 1. The Morgan fingerprint density at radius 3 is 2.80 bits per heavy atom. The molecule has 4 aromatic rings. The topological polar surface area (TPSA) is 94.8 Å². The van der Waals surface area contributed by atoms with E-state index in [9.17, 15) is 4.79 Å². The number of hydrogen-bond acceptors (Lipinski definition) is 8. The molecule has 2 fully saturated rings. The molecule has 2 saturated heterocycles. The molecule has 6 rings (SSSR count). The van der Waals surface area contributed by atoms with Gasteiger partial charge in [0.25, 0.3) is 0 Å². The minimum absolute atomic E-state index is 0.139. The van der Waals surface area contributed by atoms with Crippen molar-refractivity contribution >= 4 is 25.1 Å². The lowest BCUT2D eigenvalue weighted by Crippen LogP contribution is -2.51. The maximum absolute atomic E-state index is 11.8. The van der Waals surface area contributed by atoms with Crippen LogP contribution in [0.1, 0.15) is 5.69 Å². The minimum Gasteiger partial charge on any atom is -0.447 e. The zero-order valence-corrected chi connectivity index (χ0v) is 24.8. The maximum atomic E-state index is 11.8. The number of fused-ring (bicyclic) bond motifs is 2. The number of piperazine rings is 1. The van der Waals surface area contributed by atoms with Gasteiger partial charge >= 0.3 is 6.09 Å². The van der Waals surface area contributed by atoms with E-state index in [4.69, 9.17) is 19.2 Å². The Bertz CT molecular complexity index is 1520. The van der Waals surface area contributed by atoms with Gasteiger partial charge in [0.2, 0.25) is 5.88 Å². The van der Waals surface area contributed by atoms with Crippen LogP contribution >= 0.6 is 0 Å². The van der Waals surface area contributed by atoms with Crippen molar-refractivity contribution < 1.29 is 19.0 Å². The van der Waals surface area contributed by atoms with E-state index >= 15 is 0 Å². The summed E-state index contributed by atoms with van der Waals surface area (Å²) in [6.07, 6.45) is 3.39. The highest BCUT2D eigenvalue weighted by atomic mass is 28.3. The molecule has 0 bridgehead atoms. The second kappa shape index (κ2) is 11.6. The molecular weight excluding hydrogens is 536 g/mol. The summed E-state index contributed by atoms with van der Waals surface area (Å²) >= 11 is 0. The highest BCUT2D eigenvalue weighted by molar-refractivity contribution is 6.76. The number of cyclic esters (lactones) is 1. The van der Waals surface area contributed by atoms with Gasteiger partial charge in [-0.25, -0.2) is 14.5 Å². The summed E-state index contributed by atoms with van der Waals surface area (Å²) in [7, 11) is -1.12. The van der Waals surface area contributed by atoms with Crippen molar-refractivity contribution in [2.24, 2.45) is 0 Å². The lowest BCUT2D eigenvalue weighted by Gasteiger charge is -2.35. The Morgan fingerprint density at radius 1 is 1.07 bits per heavy atom. The summed E-state index contributed by atoms with van der Waals surface area (Å²) in [6.45, 7) is 11.7. The van der Waals surface area contributed by atoms with Crippen molar-refractivity contribution in [3.63, 3.8) is 0 Å². The maximum Gasteiger partial charge on any atom is 0.410 e. The largest absolute Gasteiger partial charge is 0.447 e. The van der Waals surface area contributed by atoms with Crippen molar-refractivity contribution in [3.8, 4) is 22.9 Å². The highest BCUT2D eigenvalue weighted by Crippen LogP contribution is 2.27. The van der Waals surface area contributed by atoms with Gasteiger partial charge in [-0.15, -0.1) is 0 Å². The first-order valence-electron chi connectivity index (χ1n) is 14.1. The van der Waals surface area contributed by atoms with Gasteiger partial charge in [0, 0.05) is 70.3 Å². The quantitative estimate of drug-likeness (QED) is 0.188. The van der Waals surface area contributed by atoms with Crippen LogP contribution in [-0.4, -0.2) is 82.6 Å². The molecule has 41 heavy (non-hydrogen) atoms. The number of hydrogen-bond donors (Lipinski definition) is 0. The Hall–Kier alpha value is -3.80. The second-order valence-electron chi connectivity index (χ2n) is 11.9. The first kappa shape index (κ1) is 27.4. The van der Waals surface area contributed by atoms with Crippen molar-refractivity contribution in [2.75, 3.05) is 32.8 Å². The van der Waals surface area contributed by atoms with E-state index in [1.807, 2.05) is 46.0 Å². The fourth-order valence-corrected chi connectivity index (χ4v) is 5.90. The number of pyridine rings is 2. The van der Waals surface area contributed by atoms with E-state index < -0.39 is 8.07 Å². The lowest BCUT2D eigenvalue weighted by molar-refractivity contribution is 0.0798. The van der Waals surface area contributed by atoms with Crippen molar-refractivity contribution in [2.45, 2.75) is 45.0 Å². The van der Waals surface area contributed by atoms with Gasteiger partial charge in [0.05, 0.1) is 22.9 Å². The number of carbonyl (C=O) groups excluding carboxylic acids is 1. The van der Waals surface area contributed by atoms with Gasteiger partial charge in [0.15, 0.2) is 0 Å². The molecular formula is C30H36N6O4Si. The number of amides is 1. The van der Waals surface area contributed by atoms with Crippen LogP contribution in [0.5, 0.6) is 11.6 Å². The number of nitrogens with zero attached hydrogens (tertiary/aromatic N) is 6. The Labute approximate surface area is 240 Å². The van der Waals surface area contributed by atoms with Crippen LogP contribution in [0.15, 0.2) is 60.9 Å². The molecule has 214 valence electrons. The first-order valence-corrected chi connectivity index (χ1v) is 17.8. The molecule has 0 saturated carbocycles. The predicted molar refractivity (Wildman–Crippen MR) is 158 cm³/mol. The minimum atomic E-state index is -1.12. The number of ether oxygens (including phenoxy) is 3. The smallest absolute Gasteiger partial charge is 0.410 e. The molecule has 0 N–H and O–H groups in total. The molecule has 0 radical (unpaired) electrons. The second-order valence-corrected chi connectivity index (χ2v) is 17.5. The van der Waals surface area contributed by atoms with Gasteiger partial charge < -0.3 is 14.2 Å². The summed E-state index contributed by atoms with van der Waals surface area (Å²) in [6, 6.07) is 17.1. The van der Waals surface area contributed by atoms with Gasteiger partial charge in [0.1, 0.15) is 19.1 Å². The molecule has 10 nitrogen and oxygen atoms in total. The summed E-state index contributed by atoms with van der Waals surface area (Å²) in [5.74, 6) is 1.22. The Balaban J connectivity index is 1.06. The van der Waals surface area contributed by atoms with Crippen LogP contribution in [-0.2, 0) is 22.7 Å². The first-order chi connectivity index (χ1) is 19.8. The van der Waals surface area contributed by atoms with Crippen molar-refractivity contribution in [1.29, 1.82) is 0 Å². The third-order valence-electron chi connectivity index (χ3n) is 7.49. The van der Waals surface area contributed by atoms with Gasteiger partial charge in [-0.3, -0.25) is 14.8 Å². The molecule has 5 heterocycles. The van der Waals surface area contributed by atoms with Crippen LogP contribution in [0.25, 0.3) is 22.2 Å². The number of benzene rings is 1. The molecule has 2 aliphatic heterocycles. The van der Waals surface area contributed by atoms with Crippen molar-refractivity contribution in [1.82, 2.24) is 29.5 Å². The normalized spacial score (nSPS) is 17.6. The van der Waals surface area contributed by atoms with E-state index in [1.165, 1.54) is 0 Å². The van der Waals surface area contributed by atoms with Crippen LogP contribution in [0.3, 0.4) is 0 Å². The standard InChI is InChI=1S/C30H36N6O4Si/c1-41(2,3)15-14-38-21-36-28(10-11-32-36)23-5-9-29(31-17-23)40-26-7-8-27-22(16-26)4-6-24(33-27)18-34-12-13-35-25(19-34)20-39-30(35)37/h4-11,16-17,25H,12-15,18-21H2,1-3H3/t25-/m0/s1. The van der Waals surface area contributed by atoms with E-state index in [-0.39, 0.29) is 12.1 Å². The van der Waals surface area contributed by atoms with E-state index in [0.29, 0.717) is 31.5 Å². The third-order valence-corrected chi connectivity index (χ3v) is 9.19. The van der Waals surface area contributed by atoms with Crippen molar-refractivity contribution in [3.05, 3.63) is 66.6 Å². The molecule has 0 unspecified atom stereocenters. The molecule has 1 atom stereocenters. The van der Waals surface area contributed by atoms with E-state index in [0.717, 1.165) is 60.1 Å². The summed E-state index contributed by atoms with van der Waals surface area (Å²) < 4.78 is 19.0. The van der Waals surface area contributed by atoms with Crippen LogP contribution in [0, 0.1) is 0 Å². The molecule has 0 spiro atoms.